The second kappa shape index (κ2) is 7.62. The van der Waals surface area contributed by atoms with Crippen LogP contribution in [0.1, 0.15) is 30.0 Å². The van der Waals surface area contributed by atoms with Crippen molar-refractivity contribution in [1.82, 2.24) is 5.32 Å². The smallest absolute Gasteiger partial charge is 0.141 e. The molecule has 0 bridgehead atoms. The van der Waals surface area contributed by atoms with Gasteiger partial charge in [-0.25, -0.2) is 0 Å². The molecule has 0 aliphatic carbocycles. The fourth-order valence-corrected chi connectivity index (χ4v) is 2.72. The van der Waals surface area contributed by atoms with Crippen molar-refractivity contribution in [2.75, 3.05) is 6.54 Å². The summed E-state index contributed by atoms with van der Waals surface area (Å²) in [5.74, 6) is 1.72. The van der Waals surface area contributed by atoms with Crippen molar-refractivity contribution in [2.24, 2.45) is 0 Å². The van der Waals surface area contributed by atoms with Gasteiger partial charge < -0.3 is 10.1 Å². The minimum atomic E-state index is 0.844. The highest BCUT2D eigenvalue weighted by molar-refractivity contribution is 9.10. The van der Waals surface area contributed by atoms with E-state index >= 15 is 0 Å². The maximum Gasteiger partial charge on any atom is 0.141 e. The second-order valence-corrected chi connectivity index (χ2v) is 6.16. The summed E-state index contributed by atoms with van der Waals surface area (Å²) >= 11 is 3.54. The Kier molecular flexibility index (Phi) is 5.83. The summed E-state index contributed by atoms with van der Waals surface area (Å²) in [4.78, 5) is 0. The van der Waals surface area contributed by atoms with Crippen LogP contribution in [0.3, 0.4) is 0 Å². The van der Waals surface area contributed by atoms with Crippen LogP contribution in [0.2, 0.25) is 0 Å². The van der Waals surface area contributed by atoms with E-state index in [1.165, 1.54) is 16.7 Å². The molecular formula is C18H22BrNO. The molecule has 0 aliphatic rings. The van der Waals surface area contributed by atoms with Crippen LogP contribution >= 0.6 is 15.9 Å². The van der Waals surface area contributed by atoms with Crippen LogP contribution in [0.5, 0.6) is 11.5 Å². The van der Waals surface area contributed by atoms with Gasteiger partial charge in [-0.05, 0) is 83.7 Å². The number of benzene rings is 2. The molecule has 2 aromatic carbocycles. The van der Waals surface area contributed by atoms with Crippen molar-refractivity contribution >= 4 is 15.9 Å². The van der Waals surface area contributed by atoms with E-state index in [0.717, 1.165) is 35.5 Å². The molecule has 0 spiro atoms. The number of ether oxygens (including phenoxy) is 1. The third kappa shape index (κ3) is 4.58. The van der Waals surface area contributed by atoms with Gasteiger partial charge in [-0.15, -0.1) is 0 Å². The summed E-state index contributed by atoms with van der Waals surface area (Å²) in [7, 11) is 0. The first-order valence-electron chi connectivity index (χ1n) is 7.34. The van der Waals surface area contributed by atoms with Gasteiger partial charge in [0.05, 0.1) is 4.47 Å². The lowest BCUT2D eigenvalue weighted by atomic mass is 10.1. The molecule has 0 aromatic heterocycles. The Hall–Kier alpha value is -1.32. The highest BCUT2D eigenvalue weighted by Gasteiger charge is 2.05. The summed E-state index contributed by atoms with van der Waals surface area (Å²) in [6.07, 6.45) is 1.15. The minimum absolute atomic E-state index is 0.844. The van der Waals surface area contributed by atoms with E-state index in [9.17, 15) is 0 Å². The number of rotatable bonds is 6. The van der Waals surface area contributed by atoms with Gasteiger partial charge >= 0.3 is 0 Å². The zero-order valence-corrected chi connectivity index (χ0v) is 14.5. The van der Waals surface area contributed by atoms with Gasteiger partial charge in [-0.2, -0.15) is 0 Å². The molecule has 0 heterocycles. The van der Waals surface area contributed by atoms with E-state index in [0.29, 0.717) is 0 Å². The minimum Gasteiger partial charge on any atom is -0.456 e. The predicted molar refractivity (Wildman–Crippen MR) is 92.1 cm³/mol. The van der Waals surface area contributed by atoms with Crippen LogP contribution in [0.25, 0.3) is 0 Å². The maximum absolute atomic E-state index is 5.96. The van der Waals surface area contributed by atoms with Gasteiger partial charge in [0.15, 0.2) is 0 Å². The molecule has 2 aromatic rings. The molecule has 0 aliphatic heterocycles. The SMILES string of the molecule is CCCNCc1ccc(Oc2ccc(C)cc2Br)cc1C. The highest BCUT2D eigenvalue weighted by Crippen LogP contribution is 2.31. The molecule has 2 nitrogen and oxygen atoms in total. The van der Waals surface area contributed by atoms with Crippen LogP contribution in [-0.4, -0.2) is 6.54 Å². The molecule has 21 heavy (non-hydrogen) atoms. The Morgan fingerprint density at radius 2 is 1.90 bits per heavy atom. The van der Waals surface area contributed by atoms with Crippen molar-refractivity contribution in [3.63, 3.8) is 0 Å². The highest BCUT2D eigenvalue weighted by atomic mass is 79.9. The van der Waals surface area contributed by atoms with Gasteiger partial charge in [0.2, 0.25) is 0 Å². The Labute approximate surface area is 135 Å². The molecule has 112 valence electrons. The number of nitrogens with one attached hydrogen (secondary N) is 1. The van der Waals surface area contributed by atoms with Crippen molar-refractivity contribution in [2.45, 2.75) is 33.7 Å². The fourth-order valence-electron chi connectivity index (χ4n) is 2.15. The molecule has 0 saturated heterocycles. The van der Waals surface area contributed by atoms with Crippen LogP contribution in [0.15, 0.2) is 40.9 Å². The lowest BCUT2D eigenvalue weighted by Crippen LogP contribution is -2.14. The summed E-state index contributed by atoms with van der Waals surface area (Å²) in [6, 6.07) is 12.4. The normalized spacial score (nSPS) is 10.7. The molecule has 1 N–H and O–H groups in total. The first-order valence-corrected chi connectivity index (χ1v) is 8.13. The standard InChI is InChI=1S/C18H22BrNO/c1-4-9-20-12-15-6-7-16(11-14(15)3)21-18-8-5-13(2)10-17(18)19/h5-8,10-11,20H,4,9,12H2,1-3H3. The third-order valence-corrected chi connectivity index (χ3v) is 3.99. The van der Waals surface area contributed by atoms with Crippen molar-refractivity contribution in [3.05, 3.63) is 57.6 Å². The first-order chi connectivity index (χ1) is 10.1. The van der Waals surface area contributed by atoms with E-state index in [4.69, 9.17) is 4.74 Å². The third-order valence-electron chi connectivity index (χ3n) is 3.37. The Balaban J connectivity index is 2.09. The average molecular weight is 348 g/mol. The van der Waals surface area contributed by atoms with Crippen LogP contribution < -0.4 is 10.1 Å². The molecule has 2 rings (SSSR count). The van der Waals surface area contributed by atoms with Gasteiger partial charge in [-0.1, -0.05) is 19.1 Å². The number of hydrogen-bond donors (Lipinski definition) is 1. The summed E-state index contributed by atoms with van der Waals surface area (Å²) in [5, 5.41) is 3.43. The largest absolute Gasteiger partial charge is 0.456 e. The zero-order chi connectivity index (χ0) is 15.2. The van der Waals surface area contributed by atoms with E-state index in [2.05, 4.69) is 66.3 Å². The van der Waals surface area contributed by atoms with E-state index in [1.54, 1.807) is 0 Å². The monoisotopic (exact) mass is 347 g/mol. The summed E-state index contributed by atoms with van der Waals surface area (Å²) < 4.78 is 6.94. The second-order valence-electron chi connectivity index (χ2n) is 5.30. The zero-order valence-electron chi connectivity index (χ0n) is 12.9. The van der Waals surface area contributed by atoms with Crippen LogP contribution in [0.4, 0.5) is 0 Å². The topological polar surface area (TPSA) is 21.3 Å². The molecule has 3 heteroatoms. The molecule has 0 saturated carbocycles. The summed E-state index contributed by atoms with van der Waals surface area (Å²) in [5.41, 5.74) is 3.78. The molecule has 0 atom stereocenters. The van der Waals surface area contributed by atoms with Crippen LogP contribution in [-0.2, 0) is 6.54 Å². The maximum atomic E-state index is 5.96. The molecule has 0 radical (unpaired) electrons. The number of aryl methyl sites for hydroxylation is 2. The molecule has 0 amide bonds. The number of halogens is 1. The Bertz CT molecular complexity index is 610. The Morgan fingerprint density at radius 1 is 1.10 bits per heavy atom. The first kappa shape index (κ1) is 16.1. The lowest BCUT2D eigenvalue weighted by Gasteiger charge is -2.12. The van der Waals surface area contributed by atoms with Gasteiger partial charge in [0, 0.05) is 6.54 Å². The number of hydrogen-bond acceptors (Lipinski definition) is 2. The van der Waals surface area contributed by atoms with E-state index in [-0.39, 0.29) is 0 Å². The molecule has 0 unspecified atom stereocenters. The van der Waals surface area contributed by atoms with Crippen LogP contribution in [0, 0.1) is 13.8 Å². The molecular weight excluding hydrogens is 326 g/mol. The van der Waals surface area contributed by atoms with E-state index < -0.39 is 0 Å². The van der Waals surface area contributed by atoms with Crippen molar-refractivity contribution < 1.29 is 4.74 Å². The van der Waals surface area contributed by atoms with E-state index in [1.807, 2.05) is 12.1 Å². The summed E-state index contributed by atoms with van der Waals surface area (Å²) in [6.45, 7) is 8.33. The van der Waals surface area contributed by atoms with Gasteiger partial charge in [0.25, 0.3) is 0 Å². The van der Waals surface area contributed by atoms with Gasteiger partial charge in [-0.3, -0.25) is 0 Å². The predicted octanol–water partition coefficient (Wildman–Crippen LogP) is 5.36. The van der Waals surface area contributed by atoms with Crippen molar-refractivity contribution in [1.29, 1.82) is 0 Å². The quantitative estimate of drug-likeness (QED) is 0.710. The average Bonchev–Trinajstić information content (AvgIpc) is 2.44. The van der Waals surface area contributed by atoms with Gasteiger partial charge in [0.1, 0.15) is 11.5 Å². The Morgan fingerprint density at radius 3 is 2.57 bits per heavy atom. The fraction of sp³-hybridized carbons (Fsp3) is 0.333. The molecule has 0 fully saturated rings. The van der Waals surface area contributed by atoms with Crippen molar-refractivity contribution in [3.8, 4) is 11.5 Å². The lowest BCUT2D eigenvalue weighted by molar-refractivity contribution is 0.478.